The lowest BCUT2D eigenvalue weighted by Crippen LogP contribution is -2.15. The zero-order valence-corrected chi connectivity index (χ0v) is 12.5. The summed E-state index contributed by atoms with van der Waals surface area (Å²) < 4.78 is 1.08. The first kappa shape index (κ1) is 13.3. The number of aromatic nitrogens is 1. The summed E-state index contributed by atoms with van der Waals surface area (Å²) in [5, 5.41) is 2.32. The maximum absolute atomic E-state index is 6.36. The number of pyridine rings is 1. The van der Waals surface area contributed by atoms with Crippen LogP contribution in [-0.2, 0) is 6.42 Å². The normalized spacial score (nSPS) is 12.5. The molecule has 0 saturated carbocycles. The van der Waals surface area contributed by atoms with Gasteiger partial charge in [-0.1, -0.05) is 52.3 Å². The van der Waals surface area contributed by atoms with Crippen molar-refractivity contribution in [1.29, 1.82) is 0 Å². The highest BCUT2D eigenvalue weighted by molar-refractivity contribution is 9.10. The van der Waals surface area contributed by atoms with E-state index in [0.29, 0.717) is 0 Å². The minimum Gasteiger partial charge on any atom is -0.322 e. The molecule has 1 heterocycles. The molecule has 20 heavy (non-hydrogen) atoms. The molecular formula is C17H15BrN2. The molecule has 2 N–H and O–H groups in total. The van der Waals surface area contributed by atoms with Crippen molar-refractivity contribution < 1.29 is 0 Å². The summed E-state index contributed by atoms with van der Waals surface area (Å²) in [5.41, 5.74) is 8.54. The molecule has 0 aliphatic carbocycles. The summed E-state index contributed by atoms with van der Waals surface area (Å²) in [7, 11) is 0. The van der Waals surface area contributed by atoms with Crippen LogP contribution in [0.3, 0.4) is 0 Å². The van der Waals surface area contributed by atoms with Crippen LogP contribution in [0.2, 0.25) is 0 Å². The third kappa shape index (κ3) is 2.74. The number of nitrogens with two attached hydrogens (primary N) is 1. The highest BCUT2D eigenvalue weighted by atomic mass is 79.9. The van der Waals surface area contributed by atoms with Crippen molar-refractivity contribution in [2.45, 2.75) is 12.5 Å². The van der Waals surface area contributed by atoms with Gasteiger partial charge >= 0.3 is 0 Å². The van der Waals surface area contributed by atoms with Gasteiger partial charge in [-0.15, -0.1) is 0 Å². The van der Waals surface area contributed by atoms with Crippen LogP contribution in [0.5, 0.6) is 0 Å². The molecule has 100 valence electrons. The van der Waals surface area contributed by atoms with Gasteiger partial charge in [-0.2, -0.15) is 0 Å². The van der Waals surface area contributed by atoms with Crippen LogP contribution in [0.4, 0.5) is 0 Å². The van der Waals surface area contributed by atoms with E-state index in [4.69, 9.17) is 5.73 Å². The van der Waals surface area contributed by atoms with E-state index < -0.39 is 0 Å². The fourth-order valence-corrected chi connectivity index (χ4v) is 2.67. The average Bonchev–Trinajstić information content (AvgIpc) is 2.49. The smallest absolute Gasteiger partial charge is 0.0652 e. The predicted octanol–water partition coefficient (Wildman–Crippen LogP) is 4.24. The van der Waals surface area contributed by atoms with E-state index in [-0.39, 0.29) is 6.04 Å². The molecule has 3 rings (SSSR count). The van der Waals surface area contributed by atoms with Crippen LogP contribution in [0.15, 0.2) is 65.3 Å². The van der Waals surface area contributed by atoms with Crippen LogP contribution in [0.1, 0.15) is 17.3 Å². The van der Waals surface area contributed by atoms with Gasteiger partial charge < -0.3 is 5.73 Å². The molecule has 2 aromatic carbocycles. The second-order valence-electron chi connectivity index (χ2n) is 4.85. The number of rotatable bonds is 3. The van der Waals surface area contributed by atoms with E-state index in [1.165, 1.54) is 10.9 Å². The highest BCUT2D eigenvalue weighted by Gasteiger charge is 2.12. The van der Waals surface area contributed by atoms with E-state index in [1.807, 2.05) is 36.5 Å². The van der Waals surface area contributed by atoms with E-state index >= 15 is 0 Å². The molecule has 3 heteroatoms. The van der Waals surface area contributed by atoms with Gasteiger partial charge in [-0.25, -0.2) is 0 Å². The van der Waals surface area contributed by atoms with Crippen LogP contribution < -0.4 is 5.73 Å². The molecule has 0 saturated heterocycles. The van der Waals surface area contributed by atoms with Crippen molar-refractivity contribution in [1.82, 2.24) is 4.98 Å². The number of halogens is 1. The molecule has 1 unspecified atom stereocenters. The van der Waals surface area contributed by atoms with Crippen LogP contribution in [0, 0.1) is 0 Å². The Morgan fingerprint density at radius 2 is 1.75 bits per heavy atom. The van der Waals surface area contributed by atoms with Gasteiger partial charge in [0.15, 0.2) is 0 Å². The zero-order chi connectivity index (χ0) is 13.9. The Hall–Kier alpha value is -1.71. The van der Waals surface area contributed by atoms with Crippen molar-refractivity contribution in [3.05, 3.63) is 76.5 Å². The molecule has 1 aromatic heterocycles. The summed E-state index contributed by atoms with van der Waals surface area (Å²) in [5.74, 6) is 0. The lowest BCUT2D eigenvalue weighted by Gasteiger charge is -2.13. The minimum absolute atomic E-state index is 0.0951. The Kier molecular flexibility index (Phi) is 3.81. The lowest BCUT2D eigenvalue weighted by molar-refractivity contribution is 0.704. The molecule has 0 amide bonds. The van der Waals surface area contributed by atoms with E-state index in [2.05, 4.69) is 45.2 Å². The summed E-state index contributed by atoms with van der Waals surface area (Å²) in [6.07, 6.45) is 2.62. The summed E-state index contributed by atoms with van der Waals surface area (Å²) in [6, 6.07) is 18.4. The zero-order valence-electron chi connectivity index (χ0n) is 11.0. The lowest BCUT2D eigenvalue weighted by atomic mass is 9.99. The summed E-state index contributed by atoms with van der Waals surface area (Å²) in [4.78, 5) is 4.49. The van der Waals surface area contributed by atoms with Crippen molar-refractivity contribution in [2.24, 2.45) is 5.73 Å². The summed E-state index contributed by atoms with van der Waals surface area (Å²) >= 11 is 3.45. The van der Waals surface area contributed by atoms with E-state index in [0.717, 1.165) is 22.0 Å². The fourth-order valence-electron chi connectivity index (χ4n) is 2.41. The van der Waals surface area contributed by atoms with Gasteiger partial charge in [0.05, 0.1) is 11.7 Å². The first-order valence-corrected chi connectivity index (χ1v) is 7.37. The van der Waals surface area contributed by atoms with Crippen LogP contribution >= 0.6 is 15.9 Å². The Labute approximate surface area is 126 Å². The first-order valence-electron chi connectivity index (χ1n) is 6.58. The SMILES string of the molecule is NC(Cc1ccc(Br)cc1)c1nccc2ccccc12. The van der Waals surface area contributed by atoms with Gasteiger partial charge in [0, 0.05) is 16.1 Å². The van der Waals surface area contributed by atoms with Gasteiger partial charge in [0.25, 0.3) is 0 Å². The number of hydrogen-bond acceptors (Lipinski definition) is 2. The maximum atomic E-state index is 6.36. The number of hydrogen-bond donors (Lipinski definition) is 1. The van der Waals surface area contributed by atoms with Gasteiger partial charge in [-0.05, 0) is 35.6 Å². The van der Waals surface area contributed by atoms with Crippen molar-refractivity contribution in [3.8, 4) is 0 Å². The summed E-state index contributed by atoms with van der Waals surface area (Å²) in [6.45, 7) is 0. The Bertz CT molecular complexity index is 717. The largest absolute Gasteiger partial charge is 0.322 e. The minimum atomic E-state index is -0.0951. The molecule has 0 spiro atoms. The van der Waals surface area contributed by atoms with Gasteiger partial charge in [0.2, 0.25) is 0 Å². The highest BCUT2D eigenvalue weighted by Crippen LogP contribution is 2.23. The Morgan fingerprint density at radius 1 is 1.00 bits per heavy atom. The van der Waals surface area contributed by atoms with Crippen molar-refractivity contribution in [2.75, 3.05) is 0 Å². The standard InChI is InChI=1S/C17H15BrN2/c18-14-7-5-12(6-8-14)11-16(19)17-15-4-2-1-3-13(15)9-10-20-17/h1-10,16H,11,19H2. The molecular weight excluding hydrogens is 312 g/mol. The van der Waals surface area contributed by atoms with Crippen LogP contribution in [0.25, 0.3) is 10.8 Å². The monoisotopic (exact) mass is 326 g/mol. The number of fused-ring (bicyclic) bond motifs is 1. The third-order valence-electron chi connectivity index (χ3n) is 3.42. The second-order valence-corrected chi connectivity index (χ2v) is 5.77. The van der Waals surface area contributed by atoms with Crippen molar-refractivity contribution in [3.63, 3.8) is 0 Å². The third-order valence-corrected chi connectivity index (χ3v) is 3.95. The van der Waals surface area contributed by atoms with E-state index in [1.54, 1.807) is 0 Å². The first-order chi connectivity index (χ1) is 9.74. The molecule has 3 aromatic rings. The molecule has 1 atom stereocenters. The van der Waals surface area contributed by atoms with Gasteiger partial charge in [-0.3, -0.25) is 4.98 Å². The number of nitrogens with zero attached hydrogens (tertiary/aromatic N) is 1. The fraction of sp³-hybridized carbons (Fsp3) is 0.118. The van der Waals surface area contributed by atoms with Crippen molar-refractivity contribution >= 4 is 26.7 Å². The maximum Gasteiger partial charge on any atom is 0.0652 e. The molecule has 0 radical (unpaired) electrons. The van der Waals surface area contributed by atoms with E-state index in [9.17, 15) is 0 Å². The molecule has 0 aliphatic rings. The Morgan fingerprint density at radius 3 is 2.55 bits per heavy atom. The number of benzene rings is 2. The molecule has 0 bridgehead atoms. The molecule has 0 fully saturated rings. The van der Waals surface area contributed by atoms with Crippen LogP contribution in [-0.4, -0.2) is 4.98 Å². The molecule has 2 nitrogen and oxygen atoms in total. The molecule has 0 aliphatic heterocycles. The predicted molar refractivity (Wildman–Crippen MR) is 86.5 cm³/mol. The topological polar surface area (TPSA) is 38.9 Å². The second kappa shape index (κ2) is 5.73. The quantitative estimate of drug-likeness (QED) is 0.781. The van der Waals surface area contributed by atoms with Gasteiger partial charge in [0.1, 0.15) is 0 Å². The average molecular weight is 327 g/mol. The Balaban J connectivity index is 1.92.